The molecule has 3 heterocycles. The fourth-order valence-corrected chi connectivity index (χ4v) is 2.96. The van der Waals surface area contributed by atoms with E-state index in [0.717, 1.165) is 48.3 Å². The molecule has 4 rings (SSSR count). The molecule has 0 saturated carbocycles. The smallest absolute Gasteiger partial charge is 0.410 e. The number of carbonyl (C=O) groups excluding carboxylic acids is 1. The van der Waals surface area contributed by atoms with Gasteiger partial charge in [0.25, 0.3) is 0 Å². The average molecular weight is 382 g/mol. The van der Waals surface area contributed by atoms with Crippen molar-refractivity contribution in [1.29, 1.82) is 0 Å². The Hall–Kier alpha value is -3.16. The third kappa shape index (κ3) is 5.18. The standard InChI is InChI=1S/C14H19NO2.C6H7N5/c1-12-5-7-13(8-6-12)11-17-14(16)15-9-3-2-4-10-15;1-7-5-4-2-10-11-6(4)9-3-8-5/h5-8H,2-4,9-11H2,1H3;2-3H,1H3,(H2,7,8,9,10,11). The molecule has 1 aromatic carbocycles. The van der Waals surface area contributed by atoms with Crippen LogP contribution in [-0.2, 0) is 11.3 Å². The zero-order valence-electron chi connectivity index (χ0n) is 16.3. The second-order valence-electron chi connectivity index (χ2n) is 6.69. The van der Waals surface area contributed by atoms with Gasteiger partial charge < -0.3 is 15.0 Å². The Balaban J connectivity index is 0.000000176. The second-order valence-corrected chi connectivity index (χ2v) is 6.69. The van der Waals surface area contributed by atoms with Gasteiger partial charge >= 0.3 is 6.09 Å². The lowest BCUT2D eigenvalue weighted by atomic mass is 10.1. The number of benzene rings is 1. The van der Waals surface area contributed by atoms with Gasteiger partial charge in [-0.3, -0.25) is 5.10 Å². The van der Waals surface area contributed by atoms with Crippen LogP contribution in [0.15, 0.2) is 36.8 Å². The summed E-state index contributed by atoms with van der Waals surface area (Å²) in [6, 6.07) is 8.06. The highest BCUT2D eigenvalue weighted by Gasteiger charge is 2.17. The number of H-pyrrole nitrogens is 1. The Labute approximate surface area is 164 Å². The topological polar surface area (TPSA) is 96.0 Å². The molecule has 148 valence electrons. The molecule has 1 amide bonds. The van der Waals surface area contributed by atoms with Gasteiger partial charge in [0.2, 0.25) is 0 Å². The second kappa shape index (κ2) is 9.68. The number of likely N-dealkylation sites (tertiary alicyclic amines) is 1. The maximum atomic E-state index is 11.7. The molecule has 1 aliphatic heterocycles. The third-order valence-electron chi connectivity index (χ3n) is 4.58. The van der Waals surface area contributed by atoms with E-state index in [1.807, 2.05) is 38.2 Å². The quantitative estimate of drug-likeness (QED) is 0.720. The Morgan fingerprint density at radius 1 is 1.18 bits per heavy atom. The largest absolute Gasteiger partial charge is 0.445 e. The van der Waals surface area contributed by atoms with E-state index in [0.29, 0.717) is 6.61 Å². The number of aryl methyl sites for hydroxylation is 1. The zero-order chi connectivity index (χ0) is 19.8. The first-order valence-electron chi connectivity index (χ1n) is 9.46. The molecule has 0 bridgehead atoms. The average Bonchev–Trinajstić information content (AvgIpc) is 3.23. The molecule has 0 unspecified atom stereocenters. The first-order valence-corrected chi connectivity index (χ1v) is 9.46. The number of fused-ring (bicyclic) bond motifs is 1. The fraction of sp³-hybridized carbons (Fsp3) is 0.400. The Bertz CT molecular complexity index is 887. The monoisotopic (exact) mass is 382 g/mol. The summed E-state index contributed by atoms with van der Waals surface area (Å²) in [6.45, 7) is 4.10. The molecule has 8 nitrogen and oxygen atoms in total. The van der Waals surface area contributed by atoms with E-state index in [9.17, 15) is 4.79 Å². The van der Waals surface area contributed by atoms with Crippen LogP contribution in [0.5, 0.6) is 0 Å². The number of hydrogen-bond acceptors (Lipinski definition) is 6. The molecule has 28 heavy (non-hydrogen) atoms. The fourth-order valence-electron chi connectivity index (χ4n) is 2.96. The van der Waals surface area contributed by atoms with Gasteiger partial charge in [0.05, 0.1) is 11.6 Å². The Kier molecular flexibility index (Phi) is 6.78. The van der Waals surface area contributed by atoms with E-state index in [1.165, 1.54) is 18.3 Å². The number of aromatic amines is 1. The predicted molar refractivity (Wildman–Crippen MR) is 108 cm³/mol. The molecule has 1 saturated heterocycles. The Morgan fingerprint density at radius 3 is 2.64 bits per heavy atom. The van der Waals surface area contributed by atoms with Crippen LogP contribution >= 0.6 is 0 Å². The van der Waals surface area contributed by atoms with Crippen molar-refractivity contribution in [2.75, 3.05) is 25.5 Å². The molecule has 0 spiro atoms. The number of aromatic nitrogens is 4. The van der Waals surface area contributed by atoms with Crippen LogP contribution in [0.1, 0.15) is 30.4 Å². The lowest BCUT2D eigenvalue weighted by Gasteiger charge is -2.25. The van der Waals surface area contributed by atoms with Gasteiger partial charge in [0.15, 0.2) is 5.65 Å². The number of hydrogen-bond donors (Lipinski definition) is 2. The lowest BCUT2D eigenvalue weighted by molar-refractivity contribution is 0.0894. The molecule has 3 aromatic rings. The Morgan fingerprint density at radius 2 is 1.93 bits per heavy atom. The van der Waals surface area contributed by atoms with Gasteiger partial charge in [-0.25, -0.2) is 14.8 Å². The summed E-state index contributed by atoms with van der Waals surface area (Å²) in [5.74, 6) is 0.795. The summed E-state index contributed by atoms with van der Waals surface area (Å²) < 4.78 is 5.29. The molecule has 8 heteroatoms. The van der Waals surface area contributed by atoms with Gasteiger partial charge in [0.1, 0.15) is 18.8 Å². The number of piperidine rings is 1. The van der Waals surface area contributed by atoms with Crippen molar-refractivity contribution in [2.24, 2.45) is 0 Å². The van der Waals surface area contributed by atoms with Gasteiger partial charge in [-0.05, 0) is 31.7 Å². The lowest BCUT2D eigenvalue weighted by Crippen LogP contribution is -2.35. The van der Waals surface area contributed by atoms with Crippen molar-refractivity contribution >= 4 is 22.9 Å². The summed E-state index contributed by atoms with van der Waals surface area (Å²) in [4.78, 5) is 21.5. The SMILES string of the molecule is CNc1ncnc2[nH]ncc12.Cc1ccc(COC(=O)N2CCCCC2)cc1. The molecule has 1 aliphatic rings. The van der Waals surface area contributed by atoms with Gasteiger partial charge in [-0.1, -0.05) is 29.8 Å². The number of nitrogens with zero attached hydrogens (tertiary/aromatic N) is 4. The van der Waals surface area contributed by atoms with Crippen molar-refractivity contribution in [1.82, 2.24) is 25.1 Å². The van der Waals surface area contributed by atoms with Gasteiger partial charge in [-0.2, -0.15) is 5.10 Å². The van der Waals surface area contributed by atoms with Crippen molar-refractivity contribution in [2.45, 2.75) is 32.8 Å². The minimum atomic E-state index is -0.176. The minimum Gasteiger partial charge on any atom is -0.445 e. The molecule has 2 aromatic heterocycles. The molecule has 0 atom stereocenters. The van der Waals surface area contributed by atoms with Crippen molar-refractivity contribution in [3.05, 3.63) is 47.9 Å². The predicted octanol–water partition coefficient (Wildman–Crippen LogP) is 3.51. The molecular formula is C20H26N6O2. The minimum absolute atomic E-state index is 0.176. The zero-order valence-corrected chi connectivity index (χ0v) is 16.3. The first kappa shape index (κ1) is 19.6. The highest BCUT2D eigenvalue weighted by atomic mass is 16.6. The summed E-state index contributed by atoms with van der Waals surface area (Å²) in [5, 5.41) is 10.5. The number of amides is 1. The summed E-state index contributed by atoms with van der Waals surface area (Å²) in [6.07, 6.45) is 6.43. The van der Waals surface area contributed by atoms with Gasteiger partial charge in [0, 0.05) is 20.1 Å². The van der Waals surface area contributed by atoms with Crippen molar-refractivity contribution in [3.8, 4) is 0 Å². The summed E-state index contributed by atoms with van der Waals surface area (Å²) in [7, 11) is 1.81. The molecule has 0 radical (unpaired) electrons. The van der Waals surface area contributed by atoms with E-state index in [1.54, 1.807) is 11.1 Å². The first-order chi connectivity index (χ1) is 13.7. The number of nitrogens with one attached hydrogen (secondary N) is 2. The van der Waals surface area contributed by atoms with Gasteiger partial charge in [-0.15, -0.1) is 0 Å². The van der Waals surface area contributed by atoms with Crippen molar-refractivity contribution < 1.29 is 9.53 Å². The molecule has 0 aliphatic carbocycles. The van der Waals surface area contributed by atoms with Crippen LogP contribution in [0, 0.1) is 6.92 Å². The molecule has 2 N–H and O–H groups in total. The summed E-state index contributed by atoms with van der Waals surface area (Å²) in [5.41, 5.74) is 3.02. The van der Waals surface area contributed by atoms with Crippen LogP contribution in [0.2, 0.25) is 0 Å². The number of rotatable bonds is 3. The molecular weight excluding hydrogens is 356 g/mol. The van der Waals surface area contributed by atoms with E-state index in [2.05, 4.69) is 25.5 Å². The normalized spacial score (nSPS) is 13.6. The van der Waals surface area contributed by atoms with Crippen LogP contribution in [0.4, 0.5) is 10.6 Å². The van der Waals surface area contributed by atoms with E-state index in [4.69, 9.17) is 4.74 Å². The number of carbonyl (C=O) groups is 1. The third-order valence-corrected chi connectivity index (χ3v) is 4.58. The van der Waals surface area contributed by atoms with Crippen LogP contribution in [-0.4, -0.2) is 51.3 Å². The van der Waals surface area contributed by atoms with Crippen LogP contribution in [0.25, 0.3) is 11.0 Å². The van der Waals surface area contributed by atoms with E-state index in [-0.39, 0.29) is 6.09 Å². The van der Waals surface area contributed by atoms with Crippen LogP contribution < -0.4 is 5.32 Å². The maximum absolute atomic E-state index is 11.7. The number of anilines is 1. The highest BCUT2D eigenvalue weighted by Crippen LogP contribution is 2.14. The summed E-state index contributed by atoms with van der Waals surface area (Å²) >= 11 is 0. The number of ether oxygens (including phenoxy) is 1. The van der Waals surface area contributed by atoms with E-state index >= 15 is 0 Å². The van der Waals surface area contributed by atoms with Crippen LogP contribution in [0.3, 0.4) is 0 Å². The van der Waals surface area contributed by atoms with E-state index < -0.39 is 0 Å². The molecule has 1 fully saturated rings. The highest BCUT2D eigenvalue weighted by molar-refractivity contribution is 5.85. The maximum Gasteiger partial charge on any atom is 0.410 e. The van der Waals surface area contributed by atoms with Crippen molar-refractivity contribution in [3.63, 3.8) is 0 Å².